The van der Waals surface area contributed by atoms with Gasteiger partial charge < -0.3 is 35.0 Å². The molecule has 4 atom stereocenters. The zero-order chi connectivity index (χ0) is 47.1. The van der Waals surface area contributed by atoms with E-state index >= 15 is 0 Å². The third-order valence-electron chi connectivity index (χ3n) is 11.9. The summed E-state index contributed by atoms with van der Waals surface area (Å²) in [4.78, 5) is 49.5. The number of nitrogens with one attached hydrogen (secondary N) is 2. The van der Waals surface area contributed by atoms with E-state index in [0.29, 0.717) is 38.5 Å². The van der Waals surface area contributed by atoms with Gasteiger partial charge in [0.2, 0.25) is 11.8 Å². The molecule has 0 saturated carbocycles. The lowest BCUT2D eigenvalue weighted by Crippen LogP contribution is -2.56. The summed E-state index contributed by atoms with van der Waals surface area (Å²) in [7, 11) is 0. The van der Waals surface area contributed by atoms with Gasteiger partial charge >= 0.3 is 6.18 Å². The Balaban J connectivity index is 0.903. The lowest BCUT2D eigenvalue weighted by atomic mass is 9.85. The molecule has 2 fully saturated rings. The van der Waals surface area contributed by atoms with Gasteiger partial charge in [-0.1, -0.05) is 83.9 Å². The molecule has 2 saturated heterocycles. The van der Waals surface area contributed by atoms with Crippen LogP contribution < -0.4 is 20.1 Å². The van der Waals surface area contributed by atoms with Crippen LogP contribution in [0.25, 0.3) is 10.4 Å². The van der Waals surface area contributed by atoms with Gasteiger partial charge in [-0.15, -0.1) is 11.3 Å². The summed E-state index contributed by atoms with van der Waals surface area (Å²) < 4.78 is 52.4. The standard InChI is InChI=1S/C49H59F3N6O6S/c1-31-41(65-30-56-31)34-15-11-32(12-16-34)26-55-44(60)40-23-36(59)28-58(40)45(61)42(47(2,3)4)54-21-9-7-8-10-22-63-37-18-13-33(14-19-37)27-57-29-48(5,6)43(46(57)62)64-38-20-17-35(25-53)39(24-38)49(50,51)52/h11-20,24,30,36,40,42-43,54,59H,7-10,21-23,26-29H2,1-6H3,(H,55,60)/t36-,40+,42-,43?/m1/s1. The molecule has 1 aromatic heterocycles. The molecule has 3 amide bonds. The zero-order valence-corrected chi connectivity index (χ0v) is 38.7. The molecule has 65 heavy (non-hydrogen) atoms. The van der Waals surface area contributed by atoms with Gasteiger partial charge in [-0.05, 0) is 78.7 Å². The van der Waals surface area contributed by atoms with Crippen molar-refractivity contribution in [3.05, 3.63) is 100 Å². The normalized spacial score (nSPS) is 19.0. The van der Waals surface area contributed by atoms with Crippen LogP contribution in [0.3, 0.4) is 0 Å². The quantitative estimate of drug-likeness (QED) is 0.0841. The third kappa shape index (κ3) is 12.4. The average molecular weight is 917 g/mol. The summed E-state index contributed by atoms with van der Waals surface area (Å²) in [6.45, 7) is 13.8. The van der Waals surface area contributed by atoms with Crippen molar-refractivity contribution in [1.82, 2.24) is 25.4 Å². The Morgan fingerprint density at radius 3 is 2.32 bits per heavy atom. The number of unbranched alkanes of at least 4 members (excludes halogenated alkanes) is 3. The van der Waals surface area contributed by atoms with Crippen LogP contribution in [0.1, 0.15) is 94.7 Å². The summed E-state index contributed by atoms with van der Waals surface area (Å²) in [5.74, 6) is -0.254. The molecule has 3 heterocycles. The largest absolute Gasteiger partial charge is 0.494 e. The first-order valence-corrected chi connectivity index (χ1v) is 22.9. The number of alkyl halides is 3. The highest BCUT2D eigenvalue weighted by Gasteiger charge is 2.48. The number of hydrogen-bond donors (Lipinski definition) is 3. The molecule has 3 aromatic carbocycles. The number of halogens is 3. The lowest BCUT2D eigenvalue weighted by Gasteiger charge is -2.35. The molecular formula is C49H59F3N6O6S. The number of amides is 3. The maximum absolute atomic E-state index is 14.0. The number of carbonyl (C=O) groups is 3. The van der Waals surface area contributed by atoms with Crippen LogP contribution >= 0.6 is 11.3 Å². The molecule has 0 bridgehead atoms. The Labute approximate surface area is 383 Å². The van der Waals surface area contributed by atoms with E-state index in [1.807, 2.05) is 95.6 Å². The number of ether oxygens (including phenoxy) is 2. The monoisotopic (exact) mass is 916 g/mol. The zero-order valence-electron chi connectivity index (χ0n) is 37.8. The number of likely N-dealkylation sites (tertiary alicyclic amines) is 2. The summed E-state index contributed by atoms with van der Waals surface area (Å²) in [5.41, 5.74) is 2.91. The Hall–Kier alpha value is -5.50. The van der Waals surface area contributed by atoms with E-state index in [1.54, 1.807) is 22.3 Å². The average Bonchev–Trinajstić information content (AvgIpc) is 3.93. The van der Waals surface area contributed by atoms with Crippen molar-refractivity contribution in [3.8, 4) is 28.0 Å². The van der Waals surface area contributed by atoms with Gasteiger partial charge in [0.15, 0.2) is 6.10 Å². The van der Waals surface area contributed by atoms with E-state index in [1.165, 1.54) is 11.0 Å². The number of aryl methyl sites for hydroxylation is 1. The molecule has 16 heteroatoms. The van der Waals surface area contributed by atoms with Crippen molar-refractivity contribution in [2.75, 3.05) is 26.2 Å². The minimum Gasteiger partial charge on any atom is -0.494 e. The summed E-state index contributed by atoms with van der Waals surface area (Å²) in [6, 6.07) is 18.7. The van der Waals surface area contributed by atoms with E-state index < -0.39 is 52.4 Å². The molecule has 4 aromatic rings. The molecular weight excluding hydrogens is 858 g/mol. The molecule has 3 N–H and O–H groups in total. The molecule has 2 aliphatic rings. The minimum absolute atomic E-state index is 0.102. The van der Waals surface area contributed by atoms with E-state index in [4.69, 9.17) is 14.7 Å². The molecule has 2 aliphatic heterocycles. The van der Waals surface area contributed by atoms with Gasteiger partial charge in [0, 0.05) is 38.0 Å². The Bertz CT molecular complexity index is 2320. The Morgan fingerprint density at radius 2 is 1.68 bits per heavy atom. The number of aromatic nitrogens is 1. The molecule has 0 spiro atoms. The minimum atomic E-state index is -4.74. The van der Waals surface area contributed by atoms with Gasteiger partial charge in [0.25, 0.3) is 5.91 Å². The van der Waals surface area contributed by atoms with Crippen LogP contribution in [-0.4, -0.2) is 88.1 Å². The summed E-state index contributed by atoms with van der Waals surface area (Å²) in [5, 5.41) is 26.1. The highest BCUT2D eigenvalue weighted by Crippen LogP contribution is 2.38. The van der Waals surface area contributed by atoms with Gasteiger partial charge in [0.05, 0.1) is 52.0 Å². The number of nitrogens with zero attached hydrogens (tertiary/aromatic N) is 4. The first-order valence-electron chi connectivity index (χ1n) is 22.0. The molecule has 0 radical (unpaired) electrons. The Kier molecular flexibility index (Phi) is 15.6. The number of nitriles is 1. The van der Waals surface area contributed by atoms with Crippen molar-refractivity contribution in [2.45, 2.75) is 117 Å². The van der Waals surface area contributed by atoms with Gasteiger partial charge in [-0.2, -0.15) is 18.4 Å². The van der Waals surface area contributed by atoms with Crippen molar-refractivity contribution in [3.63, 3.8) is 0 Å². The first-order chi connectivity index (χ1) is 30.7. The van der Waals surface area contributed by atoms with Crippen LogP contribution in [0.5, 0.6) is 11.5 Å². The first kappa shape index (κ1) is 48.9. The maximum atomic E-state index is 14.0. The number of rotatable bonds is 18. The number of thiazole rings is 1. The highest BCUT2D eigenvalue weighted by molar-refractivity contribution is 7.13. The molecule has 0 aliphatic carbocycles. The SMILES string of the molecule is Cc1ncsc1-c1ccc(CNC(=O)[C@@H]2C[C@@H](O)CN2C(=O)[C@@H](NCCCCCCOc2ccc(CN3CC(C)(C)C(Oc4ccc(C#N)c(C(F)(F)F)c4)C3=O)cc2)C(C)(C)C)cc1. The fourth-order valence-electron chi connectivity index (χ4n) is 8.39. The van der Waals surface area contributed by atoms with Crippen molar-refractivity contribution in [1.29, 1.82) is 5.26 Å². The smallest absolute Gasteiger partial charge is 0.417 e. The van der Waals surface area contributed by atoms with Crippen LogP contribution in [0.4, 0.5) is 13.2 Å². The second-order valence-corrected chi connectivity index (χ2v) is 19.6. The molecule has 12 nitrogen and oxygen atoms in total. The van der Waals surface area contributed by atoms with Crippen LogP contribution in [0.2, 0.25) is 0 Å². The fourth-order valence-corrected chi connectivity index (χ4v) is 9.20. The second kappa shape index (κ2) is 20.8. The predicted molar refractivity (Wildman–Crippen MR) is 242 cm³/mol. The van der Waals surface area contributed by atoms with E-state index in [9.17, 15) is 32.7 Å². The maximum Gasteiger partial charge on any atom is 0.417 e. The number of carbonyl (C=O) groups excluding carboxylic acids is 3. The van der Waals surface area contributed by atoms with Crippen LogP contribution in [-0.2, 0) is 33.6 Å². The summed E-state index contributed by atoms with van der Waals surface area (Å²) >= 11 is 1.58. The van der Waals surface area contributed by atoms with Crippen LogP contribution in [0, 0.1) is 29.1 Å². The van der Waals surface area contributed by atoms with E-state index in [-0.39, 0.29) is 36.4 Å². The molecule has 6 rings (SSSR count). The molecule has 1 unspecified atom stereocenters. The second-order valence-electron chi connectivity index (χ2n) is 18.7. The number of β-amino-alcohol motifs (C(OH)–C–C–N with tert-alkyl or cyclic N) is 1. The van der Waals surface area contributed by atoms with E-state index in [2.05, 4.69) is 15.6 Å². The van der Waals surface area contributed by atoms with Crippen molar-refractivity contribution >= 4 is 29.1 Å². The highest BCUT2D eigenvalue weighted by atomic mass is 32.1. The number of aliphatic hydroxyl groups is 1. The third-order valence-corrected chi connectivity index (χ3v) is 12.9. The number of hydrogen-bond acceptors (Lipinski definition) is 10. The van der Waals surface area contributed by atoms with E-state index in [0.717, 1.165) is 65.1 Å². The number of benzene rings is 3. The van der Waals surface area contributed by atoms with Crippen molar-refractivity contribution < 1.29 is 42.1 Å². The van der Waals surface area contributed by atoms with Gasteiger partial charge in [-0.3, -0.25) is 14.4 Å². The molecule has 348 valence electrons. The number of aliphatic hydroxyl groups excluding tert-OH is 1. The Morgan fingerprint density at radius 1 is 1.00 bits per heavy atom. The van der Waals surface area contributed by atoms with Gasteiger partial charge in [-0.25, -0.2) is 4.98 Å². The topological polar surface area (TPSA) is 157 Å². The summed E-state index contributed by atoms with van der Waals surface area (Å²) in [6.07, 6.45) is -2.86. The lowest BCUT2D eigenvalue weighted by molar-refractivity contribution is -0.142. The fraction of sp³-hybridized carbons (Fsp3) is 0.490. The van der Waals surface area contributed by atoms with Crippen molar-refractivity contribution in [2.24, 2.45) is 10.8 Å². The van der Waals surface area contributed by atoms with Gasteiger partial charge in [0.1, 0.15) is 17.5 Å². The van der Waals surface area contributed by atoms with Crippen LogP contribution in [0.15, 0.2) is 72.2 Å². The predicted octanol–water partition coefficient (Wildman–Crippen LogP) is 8.05.